The first-order valence-corrected chi connectivity index (χ1v) is 9.56. The van der Waals surface area contributed by atoms with Crippen molar-refractivity contribution in [2.24, 2.45) is 17.3 Å². The fourth-order valence-electron chi connectivity index (χ4n) is 4.85. The summed E-state index contributed by atoms with van der Waals surface area (Å²) in [5.74, 6) is -0.672. The van der Waals surface area contributed by atoms with E-state index in [2.05, 4.69) is 6.92 Å². The molecule has 3 rings (SSSR count). The third-order valence-electron chi connectivity index (χ3n) is 6.54. The van der Waals surface area contributed by atoms with Gasteiger partial charge in [0.25, 0.3) is 0 Å². The van der Waals surface area contributed by atoms with Crippen LogP contribution in [0.4, 0.5) is 0 Å². The van der Waals surface area contributed by atoms with Crippen molar-refractivity contribution in [1.82, 2.24) is 0 Å². The highest BCUT2D eigenvalue weighted by atomic mass is 16.5. The molecule has 0 amide bonds. The fraction of sp³-hybridized carbons (Fsp3) is 0.545. The Bertz CT molecular complexity index is 750. The number of carbonyl (C=O) groups excluding carboxylic acids is 2. The van der Waals surface area contributed by atoms with Gasteiger partial charge in [-0.3, -0.25) is 4.79 Å². The minimum atomic E-state index is -0.944. The van der Waals surface area contributed by atoms with Gasteiger partial charge in [-0.1, -0.05) is 26.8 Å². The quantitative estimate of drug-likeness (QED) is 0.623. The minimum Gasteiger partial charge on any atom is -0.508 e. The summed E-state index contributed by atoms with van der Waals surface area (Å²) in [6.07, 6.45) is 4.65. The van der Waals surface area contributed by atoms with Crippen LogP contribution < -0.4 is 0 Å². The monoisotopic (exact) mass is 372 g/mol. The van der Waals surface area contributed by atoms with Crippen LogP contribution in [0.2, 0.25) is 0 Å². The van der Waals surface area contributed by atoms with Crippen molar-refractivity contribution in [3.05, 3.63) is 41.5 Å². The molecule has 5 nitrogen and oxygen atoms in total. The van der Waals surface area contributed by atoms with Gasteiger partial charge in [0, 0.05) is 12.3 Å². The SMILES string of the molecule is CC(C)[C@]1(O)CC[C@@]2(C)CC=C(C=O)C[C@H](OC(=O)c3ccc(O)cc3)[C@H]21. The highest BCUT2D eigenvalue weighted by molar-refractivity contribution is 5.89. The van der Waals surface area contributed by atoms with Crippen LogP contribution in [0.25, 0.3) is 0 Å². The van der Waals surface area contributed by atoms with Gasteiger partial charge in [-0.05, 0) is 60.4 Å². The molecule has 1 aromatic rings. The van der Waals surface area contributed by atoms with Crippen molar-refractivity contribution >= 4 is 12.3 Å². The minimum absolute atomic E-state index is 0.0111. The molecule has 1 aromatic carbocycles. The van der Waals surface area contributed by atoms with E-state index in [-0.39, 0.29) is 23.0 Å². The molecule has 1 saturated carbocycles. The summed E-state index contributed by atoms with van der Waals surface area (Å²) in [6, 6.07) is 5.88. The molecule has 0 heterocycles. The van der Waals surface area contributed by atoms with E-state index in [0.717, 1.165) is 12.7 Å². The molecule has 0 bridgehead atoms. The van der Waals surface area contributed by atoms with Gasteiger partial charge in [0.05, 0.1) is 11.2 Å². The van der Waals surface area contributed by atoms with Gasteiger partial charge < -0.3 is 14.9 Å². The van der Waals surface area contributed by atoms with Crippen molar-refractivity contribution in [3.8, 4) is 5.75 Å². The number of hydrogen-bond acceptors (Lipinski definition) is 5. The molecular weight excluding hydrogens is 344 g/mol. The summed E-state index contributed by atoms with van der Waals surface area (Å²) in [4.78, 5) is 24.2. The Balaban J connectivity index is 1.95. The van der Waals surface area contributed by atoms with Gasteiger partial charge in [0.1, 0.15) is 18.1 Å². The molecule has 0 aromatic heterocycles. The number of esters is 1. The van der Waals surface area contributed by atoms with Gasteiger partial charge in [0.15, 0.2) is 0 Å². The molecule has 4 atom stereocenters. The number of fused-ring (bicyclic) bond motifs is 1. The number of hydrogen-bond donors (Lipinski definition) is 2. The van der Waals surface area contributed by atoms with Crippen LogP contribution in [0.1, 0.15) is 56.8 Å². The van der Waals surface area contributed by atoms with E-state index in [4.69, 9.17) is 4.74 Å². The van der Waals surface area contributed by atoms with Crippen LogP contribution in [0.3, 0.4) is 0 Å². The molecule has 1 fully saturated rings. The van der Waals surface area contributed by atoms with Crippen LogP contribution in [-0.4, -0.2) is 34.2 Å². The lowest BCUT2D eigenvalue weighted by atomic mass is 9.67. The number of allylic oxidation sites excluding steroid dienone is 1. The summed E-state index contributed by atoms with van der Waals surface area (Å²) < 4.78 is 5.87. The molecule has 0 aliphatic heterocycles. The number of aromatic hydroxyl groups is 1. The predicted octanol–water partition coefficient (Wildman–Crippen LogP) is 3.64. The third kappa shape index (κ3) is 3.53. The first-order valence-electron chi connectivity index (χ1n) is 9.56. The second kappa shape index (κ2) is 7.12. The number of aliphatic hydroxyl groups is 1. The van der Waals surface area contributed by atoms with Gasteiger partial charge in [-0.15, -0.1) is 0 Å². The van der Waals surface area contributed by atoms with Crippen molar-refractivity contribution in [2.75, 3.05) is 0 Å². The van der Waals surface area contributed by atoms with Crippen LogP contribution >= 0.6 is 0 Å². The lowest BCUT2D eigenvalue weighted by molar-refractivity contribution is -0.114. The number of phenols is 1. The third-order valence-corrected chi connectivity index (χ3v) is 6.54. The van der Waals surface area contributed by atoms with Crippen LogP contribution in [-0.2, 0) is 9.53 Å². The standard InChI is InChI=1S/C22H28O5/c1-14(2)22(26)11-10-21(3)9-8-15(13-23)12-18(19(21)22)27-20(25)16-4-6-17(24)7-5-16/h4-8,13-14,18-19,24,26H,9-12H2,1-3H3/t18-,19+,21+,22+/m0/s1. The maximum Gasteiger partial charge on any atom is 0.338 e. The number of aldehydes is 1. The van der Waals surface area contributed by atoms with E-state index in [0.29, 0.717) is 30.4 Å². The number of phenolic OH excluding ortho intramolecular Hbond substituents is 1. The van der Waals surface area contributed by atoms with E-state index in [1.807, 2.05) is 19.9 Å². The smallest absolute Gasteiger partial charge is 0.338 e. The molecule has 2 aliphatic carbocycles. The molecular formula is C22H28O5. The topological polar surface area (TPSA) is 83.8 Å². The zero-order chi connectivity index (χ0) is 19.8. The summed E-state index contributed by atoms with van der Waals surface area (Å²) in [7, 11) is 0. The Morgan fingerprint density at radius 1 is 1.26 bits per heavy atom. The summed E-state index contributed by atoms with van der Waals surface area (Å²) >= 11 is 0. The van der Waals surface area contributed by atoms with Crippen LogP contribution in [0.5, 0.6) is 5.75 Å². The van der Waals surface area contributed by atoms with Crippen molar-refractivity contribution < 1.29 is 24.5 Å². The molecule has 0 radical (unpaired) electrons. The van der Waals surface area contributed by atoms with E-state index in [9.17, 15) is 19.8 Å². The Morgan fingerprint density at radius 2 is 1.93 bits per heavy atom. The number of ether oxygens (including phenoxy) is 1. The largest absolute Gasteiger partial charge is 0.508 e. The molecule has 2 aliphatic rings. The van der Waals surface area contributed by atoms with Crippen molar-refractivity contribution in [1.29, 1.82) is 0 Å². The molecule has 0 saturated heterocycles. The fourth-order valence-corrected chi connectivity index (χ4v) is 4.85. The summed E-state index contributed by atoms with van der Waals surface area (Å²) in [5, 5.41) is 20.9. The van der Waals surface area contributed by atoms with Crippen molar-refractivity contribution in [2.45, 2.75) is 58.2 Å². The zero-order valence-electron chi connectivity index (χ0n) is 16.1. The van der Waals surface area contributed by atoms with Gasteiger partial charge in [-0.2, -0.15) is 0 Å². The molecule has 5 heteroatoms. The Kier molecular flexibility index (Phi) is 5.17. The van der Waals surface area contributed by atoms with Gasteiger partial charge >= 0.3 is 5.97 Å². The lowest BCUT2D eigenvalue weighted by Crippen LogP contribution is -2.50. The predicted molar refractivity (Wildman–Crippen MR) is 101 cm³/mol. The number of rotatable bonds is 4. The normalized spacial score (nSPS) is 33.1. The van der Waals surface area contributed by atoms with E-state index >= 15 is 0 Å². The first kappa shape index (κ1) is 19.6. The van der Waals surface area contributed by atoms with E-state index in [1.165, 1.54) is 24.3 Å². The van der Waals surface area contributed by atoms with E-state index in [1.54, 1.807) is 0 Å². The second-order valence-corrected chi connectivity index (χ2v) is 8.57. The number of benzene rings is 1. The second-order valence-electron chi connectivity index (χ2n) is 8.57. The number of carbonyl (C=O) groups is 2. The maximum absolute atomic E-state index is 12.7. The van der Waals surface area contributed by atoms with Crippen LogP contribution in [0, 0.1) is 17.3 Å². The maximum atomic E-state index is 12.7. The summed E-state index contributed by atoms with van der Waals surface area (Å²) in [6.45, 7) is 6.09. The van der Waals surface area contributed by atoms with Gasteiger partial charge in [-0.25, -0.2) is 4.79 Å². The zero-order valence-corrected chi connectivity index (χ0v) is 16.1. The van der Waals surface area contributed by atoms with Crippen molar-refractivity contribution in [3.63, 3.8) is 0 Å². The molecule has 146 valence electrons. The van der Waals surface area contributed by atoms with E-state index < -0.39 is 17.7 Å². The first-order chi connectivity index (χ1) is 12.7. The molecule has 0 unspecified atom stereocenters. The van der Waals surface area contributed by atoms with Gasteiger partial charge in [0.2, 0.25) is 0 Å². The Labute approximate surface area is 160 Å². The molecule has 2 N–H and O–H groups in total. The highest BCUT2D eigenvalue weighted by Crippen LogP contribution is 2.58. The Hall–Kier alpha value is -2.14. The lowest BCUT2D eigenvalue weighted by Gasteiger charge is -2.43. The molecule has 0 spiro atoms. The molecule has 27 heavy (non-hydrogen) atoms. The Morgan fingerprint density at radius 3 is 2.52 bits per heavy atom. The highest BCUT2D eigenvalue weighted by Gasteiger charge is 2.59. The average molecular weight is 372 g/mol. The van der Waals surface area contributed by atoms with Crippen LogP contribution in [0.15, 0.2) is 35.9 Å². The summed E-state index contributed by atoms with van der Waals surface area (Å²) in [5.41, 5.74) is -0.230. The average Bonchev–Trinajstić information content (AvgIpc) is 2.82.